The van der Waals surface area contributed by atoms with E-state index in [1.54, 1.807) is 25.3 Å². The molecule has 0 fully saturated rings. The molecule has 0 aliphatic heterocycles. The van der Waals surface area contributed by atoms with Gasteiger partial charge in [0.25, 0.3) is 5.91 Å². The number of aliphatic carboxylic acids is 1. The van der Waals surface area contributed by atoms with E-state index in [2.05, 4.69) is 5.32 Å². The minimum absolute atomic E-state index is 0.405. The first-order chi connectivity index (χ1) is 8.04. The summed E-state index contributed by atoms with van der Waals surface area (Å²) in [5.41, 5.74) is 1.29. The van der Waals surface area contributed by atoms with Crippen molar-refractivity contribution in [2.75, 3.05) is 7.11 Å². The standard InChI is InChI=1S/C12H15NO4/c1-8(12(15)16)13-11(14)10-5-3-4-9(6-10)7-17-2/h3-6,8H,7H2,1-2H3,(H,13,14)(H,15,16)/t8-/m1/s1. The van der Waals surface area contributed by atoms with Crippen molar-refractivity contribution < 1.29 is 19.4 Å². The van der Waals surface area contributed by atoms with Crippen molar-refractivity contribution >= 4 is 11.9 Å². The fourth-order valence-electron chi connectivity index (χ4n) is 1.31. The van der Waals surface area contributed by atoms with E-state index in [4.69, 9.17) is 9.84 Å². The molecule has 0 radical (unpaired) electrons. The van der Waals surface area contributed by atoms with Crippen LogP contribution in [0.15, 0.2) is 24.3 Å². The highest BCUT2D eigenvalue weighted by Gasteiger charge is 2.15. The largest absolute Gasteiger partial charge is 0.480 e. The maximum absolute atomic E-state index is 11.7. The fraction of sp³-hybridized carbons (Fsp3) is 0.333. The number of carbonyl (C=O) groups is 2. The number of amides is 1. The van der Waals surface area contributed by atoms with Gasteiger partial charge in [0, 0.05) is 12.7 Å². The number of benzene rings is 1. The maximum atomic E-state index is 11.7. The summed E-state index contributed by atoms with van der Waals surface area (Å²) in [4.78, 5) is 22.3. The topological polar surface area (TPSA) is 75.6 Å². The molecule has 0 saturated heterocycles. The molecule has 0 aromatic heterocycles. The van der Waals surface area contributed by atoms with Gasteiger partial charge >= 0.3 is 5.97 Å². The first-order valence-corrected chi connectivity index (χ1v) is 5.16. The average molecular weight is 237 g/mol. The van der Waals surface area contributed by atoms with Gasteiger partial charge in [-0.15, -0.1) is 0 Å². The van der Waals surface area contributed by atoms with Crippen LogP contribution in [0.3, 0.4) is 0 Å². The maximum Gasteiger partial charge on any atom is 0.325 e. The molecule has 0 aliphatic carbocycles. The lowest BCUT2D eigenvalue weighted by Crippen LogP contribution is -2.38. The number of carboxylic acid groups (broad SMARTS) is 1. The molecule has 1 aromatic carbocycles. The minimum atomic E-state index is -1.06. The van der Waals surface area contributed by atoms with Gasteiger partial charge in [-0.05, 0) is 24.6 Å². The molecule has 0 unspecified atom stereocenters. The number of carboxylic acids is 1. The summed E-state index contributed by atoms with van der Waals surface area (Å²) < 4.78 is 4.96. The van der Waals surface area contributed by atoms with Crippen LogP contribution in [0.2, 0.25) is 0 Å². The Kier molecular flexibility index (Phi) is 4.66. The van der Waals surface area contributed by atoms with E-state index in [1.807, 2.05) is 6.07 Å². The Bertz CT molecular complexity index is 417. The van der Waals surface area contributed by atoms with Crippen LogP contribution >= 0.6 is 0 Å². The van der Waals surface area contributed by atoms with Crippen LogP contribution in [-0.2, 0) is 16.1 Å². The van der Waals surface area contributed by atoms with Gasteiger partial charge in [0.15, 0.2) is 0 Å². The van der Waals surface area contributed by atoms with E-state index in [9.17, 15) is 9.59 Å². The predicted molar refractivity (Wildman–Crippen MR) is 61.7 cm³/mol. The second-order valence-corrected chi connectivity index (χ2v) is 3.67. The molecule has 0 spiro atoms. The normalized spacial score (nSPS) is 11.9. The average Bonchev–Trinajstić information content (AvgIpc) is 2.29. The van der Waals surface area contributed by atoms with Crippen LogP contribution in [0.25, 0.3) is 0 Å². The van der Waals surface area contributed by atoms with Crippen molar-refractivity contribution in [3.63, 3.8) is 0 Å². The number of hydrogen-bond donors (Lipinski definition) is 2. The van der Waals surface area contributed by atoms with Crippen molar-refractivity contribution in [3.8, 4) is 0 Å². The highest BCUT2D eigenvalue weighted by atomic mass is 16.5. The molecule has 5 nitrogen and oxygen atoms in total. The zero-order chi connectivity index (χ0) is 12.8. The summed E-state index contributed by atoms with van der Waals surface area (Å²) in [6.45, 7) is 1.83. The van der Waals surface area contributed by atoms with Crippen molar-refractivity contribution in [1.82, 2.24) is 5.32 Å². The summed E-state index contributed by atoms with van der Waals surface area (Å²) in [5.74, 6) is -1.47. The SMILES string of the molecule is COCc1cccc(C(=O)N[C@H](C)C(=O)O)c1. The Morgan fingerprint density at radius 1 is 1.47 bits per heavy atom. The molecule has 0 heterocycles. The zero-order valence-corrected chi connectivity index (χ0v) is 9.77. The van der Waals surface area contributed by atoms with Crippen LogP contribution in [0.1, 0.15) is 22.8 Å². The monoisotopic (exact) mass is 237 g/mol. The van der Waals surface area contributed by atoms with Gasteiger partial charge in [-0.1, -0.05) is 12.1 Å². The van der Waals surface area contributed by atoms with Crippen LogP contribution in [0.4, 0.5) is 0 Å². The van der Waals surface area contributed by atoms with Gasteiger partial charge in [0.05, 0.1) is 6.61 Å². The number of rotatable bonds is 5. The second-order valence-electron chi connectivity index (χ2n) is 3.67. The molecular formula is C12H15NO4. The van der Waals surface area contributed by atoms with Crippen LogP contribution in [0, 0.1) is 0 Å². The highest BCUT2D eigenvalue weighted by molar-refractivity contribution is 5.96. The van der Waals surface area contributed by atoms with Crippen molar-refractivity contribution in [2.24, 2.45) is 0 Å². The Morgan fingerprint density at radius 2 is 2.18 bits per heavy atom. The van der Waals surface area contributed by atoms with E-state index >= 15 is 0 Å². The third kappa shape index (κ3) is 3.88. The van der Waals surface area contributed by atoms with E-state index in [-0.39, 0.29) is 0 Å². The molecule has 17 heavy (non-hydrogen) atoms. The van der Waals surface area contributed by atoms with Crippen molar-refractivity contribution in [3.05, 3.63) is 35.4 Å². The lowest BCUT2D eigenvalue weighted by Gasteiger charge is -2.09. The Hall–Kier alpha value is -1.88. The lowest BCUT2D eigenvalue weighted by molar-refractivity contribution is -0.138. The number of methoxy groups -OCH3 is 1. The molecule has 0 aliphatic rings. The fourth-order valence-corrected chi connectivity index (χ4v) is 1.31. The van der Waals surface area contributed by atoms with Gasteiger partial charge in [-0.2, -0.15) is 0 Å². The molecule has 1 rings (SSSR count). The van der Waals surface area contributed by atoms with E-state index in [0.717, 1.165) is 5.56 Å². The first-order valence-electron chi connectivity index (χ1n) is 5.16. The predicted octanol–water partition coefficient (Wildman–Crippen LogP) is 1.04. The van der Waals surface area contributed by atoms with Gasteiger partial charge in [-0.25, -0.2) is 0 Å². The van der Waals surface area contributed by atoms with Gasteiger partial charge < -0.3 is 15.2 Å². The summed E-state index contributed by atoms with van der Waals surface area (Å²) in [6, 6.07) is 5.96. The van der Waals surface area contributed by atoms with Crippen molar-refractivity contribution in [2.45, 2.75) is 19.6 Å². The quantitative estimate of drug-likeness (QED) is 0.802. The Labute approximate surface area is 99.4 Å². The third-order valence-electron chi connectivity index (χ3n) is 2.22. The number of hydrogen-bond acceptors (Lipinski definition) is 3. The number of nitrogens with one attached hydrogen (secondary N) is 1. The molecule has 1 amide bonds. The number of ether oxygens (including phenoxy) is 1. The molecule has 0 bridgehead atoms. The van der Waals surface area contributed by atoms with Gasteiger partial charge in [0.2, 0.25) is 0 Å². The summed E-state index contributed by atoms with van der Waals surface area (Å²) in [6.07, 6.45) is 0. The molecule has 1 aromatic rings. The molecule has 92 valence electrons. The second kappa shape index (κ2) is 6.00. The van der Waals surface area contributed by atoms with Crippen LogP contribution in [-0.4, -0.2) is 30.1 Å². The van der Waals surface area contributed by atoms with Gasteiger partial charge in [0.1, 0.15) is 6.04 Å². The Morgan fingerprint density at radius 3 is 2.76 bits per heavy atom. The zero-order valence-electron chi connectivity index (χ0n) is 9.77. The van der Waals surface area contributed by atoms with E-state index in [1.165, 1.54) is 6.92 Å². The smallest absolute Gasteiger partial charge is 0.325 e. The van der Waals surface area contributed by atoms with E-state index < -0.39 is 17.9 Å². The van der Waals surface area contributed by atoms with Gasteiger partial charge in [-0.3, -0.25) is 9.59 Å². The molecule has 2 N–H and O–H groups in total. The summed E-state index contributed by atoms with van der Waals surface area (Å²) >= 11 is 0. The number of carbonyl (C=O) groups excluding carboxylic acids is 1. The summed E-state index contributed by atoms with van der Waals surface area (Å²) in [7, 11) is 1.57. The van der Waals surface area contributed by atoms with Crippen LogP contribution < -0.4 is 5.32 Å². The third-order valence-corrected chi connectivity index (χ3v) is 2.22. The molecule has 1 atom stereocenters. The highest BCUT2D eigenvalue weighted by Crippen LogP contribution is 2.06. The molecular weight excluding hydrogens is 222 g/mol. The summed E-state index contributed by atoms with van der Waals surface area (Å²) in [5, 5.41) is 11.1. The molecule has 5 heteroatoms. The minimum Gasteiger partial charge on any atom is -0.480 e. The molecule has 0 saturated carbocycles. The van der Waals surface area contributed by atoms with E-state index in [0.29, 0.717) is 12.2 Å². The van der Waals surface area contributed by atoms with Crippen LogP contribution in [0.5, 0.6) is 0 Å². The first kappa shape index (κ1) is 13.2. The lowest BCUT2D eigenvalue weighted by atomic mass is 10.1. The van der Waals surface area contributed by atoms with Crippen molar-refractivity contribution in [1.29, 1.82) is 0 Å². The Balaban J connectivity index is 2.75.